The second kappa shape index (κ2) is 6.95. The van der Waals surface area contributed by atoms with Crippen LogP contribution in [0.1, 0.15) is 34.3 Å². The van der Waals surface area contributed by atoms with Crippen molar-refractivity contribution in [2.24, 2.45) is 5.73 Å². The van der Waals surface area contributed by atoms with Crippen LogP contribution in [0.3, 0.4) is 0 Å². The van der Waals surface area contributed by atoms with Crippen LogP contribution in [-0.4, -0.2) is 23.1 Å². The minimum Gasteiger partial charge on any atom is -0.489 e. The van der Waals surface area contributed by atoms with Gasteiger partial charge < -0.3 is 19.7 Å². The van der Waals surface area contributed by atoms with Gasteiger partial charge in [0, 0.05) is 0 Å². The van der Waals surface area contributed by atoms with Crippen LogP contribution in [0.5, 0.6) is 5.75 Å². The van der Waals surface area contributed by atoms with Crippen LogP contribution < -0.4 is 10.5 Å². The van der Waals surface area contributed by atoms with Crippen molar-refractivity contribution < 1.29 is 23.6 Å². The number of benzene rings is 1. The Hall–Kier alpha value is -2.83. The van der Waals surface area contributed by atoms with E-state index >= 15 is 0 Å². The first-order valence-corrected chi connectivity index (χ1v) is 7.03. The predicted octanol–water partition coefficient (Wildman–Crippen LogP) is 1.90. The number of hydrogen-bond acceptors (Lipinski definition) is 6. The summed E-state index contributed by atoms with van der Waals surface area (Å²) in [7, 11) is 0. The highest BCUT2D eigenvalue weighted by molar-refractivity contribution is 5.92. The van der Waals surface area contributed by atoms with Gasteiger partial charge in [-0.05, 0) is 39.0 Å². The fraction of sp³-hybridized carbons (Fsp3) is 0.312. The molecule has 1 aromatic carbocycles. The lowest BCUT2D eigenvalue weighted by atomic mass is 10.2. The van der Waals surface area contributed by atoms with Gasteiger partial charge in [0.25, 0.3) is 5.91 Å². The minimum atomic E-state index is -0.991. The van der Waals surface area contributed by atoms with Crippen LogP contribution in [0.25, 0.3) is 0 Å². The van der Waals surface area contributed by atoms with Crippen LogP contribution >= 0.6 is 0 Å². The summed E-state index contributed by atoms with van der Waals surface area (Å²) in [5.74, 6) is -0.164. The van der Waals surface area contributed by atoms with Crippen LogP contribution in [0.15, 0.2) is 28.8 Å². The van der Waals surface area contributed by atoms with Crippen molar-refractivity contribution in [2.75, 3.05) is 0 Å². The quantitative estimate of drug-likeness (QED) is 0.816. The fourth-order valence-corrected chi connectivity index (χ4v) is 1.86. The van der Waals surface area contributed by atoms with E-state index in [2.05, 4.69) is 5.16 Å². The highest BCUT2D eigenvalue weighted by atomic mass is 16.5. The zero-order valence-electron chi connectivity index (χ0n) is 13.2. The Balaban J connectivity index is 2.05. The first-order valence-electron chi connectivity index (χ1n) is 7.03. The number of nitrogens with zero attached hydrogens (tertiary/aromatic N) is 1. The lowest BCUT2D eigenvalue weighted by Crippen LogP contribution is -2.30. The van der Waals surface area contributed by atoms with Crippen molar-refractivity contribution in [1.82, 2.24) is 5.16 Å². The Kier molecular flexibility index (Phi) is 5.00. The maximum absolute atomic E-state index is 11.9. The van der Waals surface area contributed by atoms with Gasteiger partial charge in [0.15, 0.2) is 6.10 Å². The molecule has 1 heterocycles. The standard InChI is InChI=1S/C16H18N2O5/c1-9-14(10(2)23-18-9)8-21-13-6-4-5-12(7-13)16(20)22-11(3)15(17)19/h4-7,11H,8H2,1-3H3,(H2,17,19)/t11-/m0/s1. The summed E-state index contributed by atoms with van der Waals surface area (Å²) < 4.78 is 15.7. The number of primary amides is 1. The molecule has 122 valence electrons. The zero-order chi connectivity index (χ0) is 17.0. The molecule has 2 N–H and O–H groups in total. The van der Waals surface area contributed by atoms with E-state index < -0.39 is 18.0 Å². The first-order chi connectivity index (χ1) is 10.9. The molecule has 0 aliphatic rings. The van der Waals surface area contributed by atoms with Crippen molar-refractivity contribution >= 4 is 11.9 Å². The number of carbonyl (C=O) groups is 2. The molecule has 1 aromatic heterocycles. The molecule has 0 fully saturated rings. The Bertz CT molecular complexity index is 704. The average molecular weight is 318 g/mol. The third-order valence-electron chi connectivity index (χ3n) is 3.32. The van der Waals surface area contributed by atoms with Crippen molar-refractivity contribution in [3.8, 4) is 5.75 Å². The van der Waals surface area contributed by atoms with Gasteiger partial charge in [-0.3, -0.25) is 4.79 Å². The van der Waals surface area contributed by atoms with E-state index in [0.29, 0.717) is 11.5 Å². The highest BCUT2D eigenvalue weighted by Gasteiger charge is 2.17. The van der Waals surface area contributed by atoms with Gasteiger partial charge in [-0.15, -0.1) is 0 Å². The predicted molar refractivity (Wildman–Crippen MR) is 80.8 cm³/mol. The summed E-state index contributed by atoms with van der Waals surface area (Å²) in [5.41, 5.74) is 6.96. The third-order valence-corrected chi connectivity index (χ3v) is 3.32. The molecule has 0 aliphatic carbocycles. The summed E-state index contributed by atoms with van der Waals surface area (Å²) in [6.45, 7) is 5.32. The van der Waals surface area contributed by atoms with E-state index in [1.54, 1.807) is 25.1 Å². The van der Waals surface area contributed by atoms with Gasteiger partial charge in [-0.25, -0.2) is 4.79 Å². The molecule has 0 spiro atoms. The minimum absolute atomic E-state index is 0.273. The maximum Gasteiger partial charge on any atom is 0.339 e. The maximum atomic E-state index is 11.9. The fourth-order valence-electron chi connectivity index (χ4n) is 1.86. The number of rotatable bonds is 6. The lowest BCUT2D eigenvalue weighted by Gasteiger charge is -2.11. The van der Waals surface area contributed by atoms with Gasteiger partial charge in [0.2, 0.25) is 0 Å². The number of aromatic nitrogens is 1. The van der Waals surface area contributed by atoms with E-state index in [0.717, 1.165) is 11.3 Å². The number of ether oxygens (including phenoxy) is 2. The molecule has 1 amide bonds. The molecule has 0 saturated heterocycles. The first kappa shape index (κ1) is 16.5. The Morgan fingerprint density at radius 3 is 2.70 bits per heavy atom. The van der Waals surface area contributed by atoms with Crippen LogP contribution in [-0.2, 0) is 16.1 Å². The Morgan fingerprint density at radius 1 is 1.35 bits per heavy atom. The smallest absolute Gasteiger partial charge is 0.339 e. The molecule has 23 heavy (non-hydrogen) atoms. The summed E-state index contributed by atoms with van der Waals surface area (Å²) >= 11 is 0. The molecule has 7 heteroatoms. The summed E-state index contributed by atoms with van der Waals surface area (Å²) in [5, 5.41) is 3.85. The zero-order valence-corrected chi connectivity index (χ0v) is 13.2. The van der Waals surface area contributed by atoms with Gasteiger partial charge in [0.1, 0.15) is 18.1 Å². The Morgan fingerprint density at radius 2 is 2.09 bits per heavy atom. The summed E-state index contributed by atoms with van der Waals surface area (Å²) in [4.78, 5) is 22.9. The SMILES string of the molecule is Cc1noc(C)c1COc1cccc(C(=O)O[C@@H](C)C(N)=O)c1. The molecule has 0 unspecified atom stereocenters. The normalized spacial score (nSPS) is 11.8. The molecule has 0 aliphatic heterocycles. The van der Waals surface area contributed by atoms with Crippen molar-refractivity contribution in [3.05, 3.63) is 46.8 Å². The molecule has 0 saturated carbocycles. The topological polar surface area (TPSA) is 105 Å². The van der Waals surface area contributed by atoms with Gasteiger partial charge in [-0.2, -0.15) is 0 Å². The molecule has 2 aromatic rings. The summed E-state index contributed by atoms with van der Waals surface area (Å²) in [6.07, 6.45) is -0.991. The number of hydrogen-bond donors (Lipinski definition) is 1. The second-order valence-electron chi connectivity index (χ2n) is 5.07. The largest absolute Gasteiger partial charge is 0.489 e. The molecule has 0 radical (unpaired) electrons. The number of aryl methyl sites for hydroxylation is 2. The highest BCUT2D eigenvalue weighted by Crippen LogP contribution is 2.19. The molecule has 7 nitrogen and oxygen atoms in total. The average Bonchev–Trinajstić information content (AvgIpc) is 2.84. The molecule has 1 atom stereocenters. The third kappa shape index (κ3) is 4.09. The van der Waals surface area contributed by atoms with E-state index in [1.165, 1.54) is 13.0 Å². The number of carbonyl (C=O) groups excluding carboxylic acids is 2. The van der Waals surface area contributed by atoms with E-state index in [9.17, 15) is 9.59 Å². The van der Waals surface area contributed by atoms with Crippen molar-refractivity contribution in [2.45, 2.75) is 33.5 Å². The molecular formula is C16H18N2O5. The molecular weight excluding hydrogens is 300 g/mol. The van der Waals surface area contributed by atoms with Gasteiger partial charge in [-0.1, -0.05) is 11.2 Å². The van der Waals surface area contributed by atoms with Gasteiger partial charge in [0.05, 0.1) is 16.8 Å². The van der Waals surface area contributed by atoms with Gasteiger partial charge >= 0.3 is 5.97 Å². The van der Waals surface area contributed by atoms with Crippen molar-refractivity contribution in [3.63, 3.8) is 0 Å². The Labute approximate surface area is 133 Å². The lowest BCUT2D eigenvalue weighted by molar-refractivity contribution is -0.125. The number of nitrogens with two attached hydrogens (primary N) is 1. The van der Waals surface area contributed by atoms with E-state index in [4.69, 9.17) is 19.7 Å². The van der Waals surface area contributed by atoms with Crippen molar-refractivity contribution in [1.29, 1.82) is 0 Å². The molecule has 0 bridgehead atoms. The monoisotopic (exact) mass is 318 g/mol. The molecule has 2 rings (SSSR count). The van der Waals surface area contributed by atoms with Crippen LogP contribution in [0, 0.1) is 13.8 Å². The number of amides is 1. The number of esters is 1. The van der Waals surface area contributed by atoms with E-state index in [1.807, 2.05) is 6.92 Å². The second-order valence-corrected chi connectivity index (χ2v) is 5.07. The van der Waals surface area contributed by atoms with Crippen LogP contribution in [0.2, 0.25) is 0 Å². The summed E-state index contributed by atoms with van der Waals surface area (Å²) in [6, 6.07) is 6.48. The van der Waals surface area contributed by atoms with Crippen LogP contribution in [0.4, 0.5) is 0 Å². The van der Waals surface area contributed by atoms with E-state index in [-0.39, 0.29) is 12.2 Å².